The Morgan fingerprint density at radius 3 is 2.79 bits per heavy atom. The summed E-state index contributed by atoms with van der Waals surface area (Å²) in [6.07, 6.45) is 0. The van der Waals surface area contributed by atoms with Crippen LogP contribution in [0.3, 0.4) is 0 Å². The largest absolute Gasteiger partial charge is 0.436 e. The number of para-hydroxylation sites is 1. The van der Waals surface area contributed by atoms with Gasteiger partial charge in [-0.25, -0.2) is 14.4 Å². The van der Waals surface area contributed by atoms with E-state index in [0.29, 0.717) is 22.3 Å². The molecule has 1 N–H and O–H groups in total. The zero-order valence-electron chi connectivity index (χ0n) is 12.2. The fourth-order valence-corrected chi connectivity index (χ4v) is 3.05. The molecule has 0 fully saturated rings. The summed E-state index contributed by atoms with van der Waals surface area (Å²) in [6, 6.07) is 12.7. The molecule has 24 heavy (non-hydrogen) atoms. The van der Waals surface area contributed by atoms with Crippen molar-refractivity contribution in [2.45, 2.75) is 6.67 Å². The Bertz CT molecular complexity index is 909. The number of thiazole rings is 1. The average molecular weight is 452 g/mol. The van der Waals surface area contributed by atoms with E-state index in [2.05, 4.69) is 37.9 Å². The molecule has 2 aromatic heterocycles. The van der Waals surface area contributed by atoms with Gasteiger partial charge in [-0.3, -0.25) is 0 Å². The van der Waals surface area contributed by atoms with E-state index >= 15 is 0 Å². The molecule has 0 aliphatic carbocycles. The van der Waals surface area contributed by atoms with Crippen LogP contribution in [0.4, 0.5) is 15.2 Å². The number of hydrogen-bond acceptors (Lipinski definition) is 6. The summed E-state index contributed by atoms with van der Waals surface area (Å²) in [7, 11) is 0. The molecule has 3 rings (SSSR count). The predicted octanol–water partition coefficient (Wildman–Crippen LogP) is 5.02. The number of nitrogens with one attached hydrogen (secondary N) is 1. The second-order valence-corrected chi connectivity index (χ2v) is 6.62. The van der Waals surface area contributed by atoms with Crippen molar-refractivity contribution in [2.24, 2.45) is 0 Å². The summed E-state index contributed by atoms with van der Waals surface area (Å²) in [4.78, 5) is 8.32. The molecule has 3 aromatic rings. The van der Waals surface area contributed by atoms with Gasteiger partial charge in [0, 0.05) is 5.38 Å². The number of nitriles is 1. The van der Waals surface area contributed by atoms with E-state index in [-0.39, 0.29) is 11.6 Å². The van der Waals surface area contributed by atoms with Crippen LogP contribution in [0.15, 0.2) is 41.8 Å². The van der Waals surface area contributed by atoms with Gasteiger partial charge in [-0.15, -0.1) is 11.3 Å². The fraction of sp³-hybridized carbons (Fsp3) is 0.0625. The first-order valence-corrected chi connectivity index (χ1v) is 8.76. The number of rotatable bonds is 5. The molecule has 0 aliphatic heterocycles. The lowest BCUT2D eigenvalue weighted by molar-refractivity contribution is 0.461. The smallest absolute Gasteiger partial charge is 0.244 e. The first kappa shape index (κ1) is 16.6. The third kappa shape index (κ3) is 3.80. The number of aromatic nitrogens is 2. The zero-order chi connectivity index (χ0) is 16.9. The van der Waals surface area contributed by atoms with Gasteiger partial charge >= 0.3 is 0 Å². The Hall–Kier alpha value is -2.25. The highest BCUT2D eigenvalue weighted by Gasteiger charge is 2.12. The molecule has 0 radical (unpaired) electrons. The van der Waals surface area contributed by atoms with Crippen molar-refractivity contribution >= 4 is 44.7 Å². The maximum absolute atomic E-state index is 12.6. The highest BCUT2D eigenvalue weighted by atomic mass is 127. The Kier molecular flexibility index (Phi) is 5.22. The third-order valence-electron chi connectivity index (χ3n) is 2.95. The average Bonchev–Trinajstić information content (AvgIpc) is 3.06. The van der Waals surface area contributed by atoms with E-state index in [1.807, 2.05) is 30.3 Å². The van der Waals surface area contributed by atoms with Crippen molar-refractivity contribution in [1.29, 1.82) is 5.26 Å². The number of nitrogens with zero attached hydrogens (tertiary/aromatic N) is 3. The number of benzene rings is 1. The zero-order valence-corrected chi connectivity index (χ0v) is 15.1. The van der Waals surface area contributed by atoms with Gasteiger partial charge in [0.1, 0.15) is 29.9 Å². The highest BCUT2D eigenvalue weighted by molar-refractivity contribution is 14.1. The number of pyridine rings is 1. The number of ether oxygens (including phenoxy) is 1. The first-order valence-electron chi connectivity index (χ1n) is 6.80. The molecular weight excluding hydrogens is 442 g/mol. The third-order valence-corrected chi connectivity index (χ3v) is 4.65. The summed E-state index contributed by atoms with van der Waals surface area (Å²) in [5, 5.41) is 14.3. The predicted molar refractivity (Wildman–Crippen MR) is 98.4 cm³/mol. The summed E-state index contributed by atoms with van der Waals surface area (Å²) in [6.45, 7) is -0.616. The topological polar surface area (TPSA) is 70.8 Å². The van der Waals surface area contributed by atoms with Gasteiger partial charge in [0.2, 0.25) is 5.88 Å². The van der Waals surface area contributed by atoms with Crippen LogP contribution in [-0.2, 0) is 6.67 Å². The van der Waals surface area contributed by atoms with Gasteiger partial charge in [-0.1, -0.05) is 12.1 Å². The standard InChI is InChI=1S/C16H10FIN4OS/c17-7-11-9-24-16(21-11)22-13-6-5-10(8-19)20-15(13)23-14-4-2-1-3-12(14)18/h1-6,9H,7H2,(H,21,22). The summed E-state index contributed by atoms with van der Waals surface area (Å²) in [5.41, 5.74) is 1.16. The monoisotopic (exact) mass is 452 g/mol. The van der Waals surface area contributed by atoms with Crippen molar-refractivity contribution < 1.29 is 9.13 Å². The van der Waals surface area contributed by atoms with E-state index in [0.717, 1.165) is 3.57 Å². The Morgan fingerprint density at radius 2 is 2.08 bits per heavy atom. The van der Waals surface area contributed by atoms with Crippen molar-refractivity contribution in [1.82, 2.24) is 9.97 Å². The molecule has 0 bridgehead atoms. The lowest BCUT2D eigenvalue weighted by atomic mass is 10.3. The second-order valence-electron chi connectivity index (χ2n) is 4.60. The molecule has 0 unspecified atom stereocenters. The van der Waals surface area contributed by atoms with Crippen LogP contribution in [0.1, 0.15) is 11.4 Å². The number of halogens is 2. The van der Waals surface area contributed by atoms with Gasteiger partial charge in [-0.05, 0) is 46.9 Å². The van der Waals surface area contributed by atoms with Crippen LogP contribution in [-0.4, -0.2) is 9.97 Å². The molecule has 8 heteroatoms. The molecule has 1 aromatic carbocycles. The first-order chi connectivity index (χ1) is 11.7. The fourth-order valence-electron chi connectivity index (χ4n) is 1.85. The van der Waals surface area contributed by atoms with Gasteiger partial charge in [-0.2, -0.15) is 5.26 Å². The molecule has 5 nitrogen and oxygen atoms in total. The van der Waals surface area contributed by atoms with Crippen LogP contribution in [0.5, 0.6) is 11.6 Å². The minimum absolute atomic E-state index is 0.241. The van der Waals surface area contributed by atoms with E-state index in [9.17, 15) is 4.39 Å². The van der Waals surface area contributed by atoms with Crippen molar-refractivity contribution in [3.63, 3.8) is 0 Å². The SMILES string of the molecule is N#Cc1ccc(Nc2nc(CF)cs2)c(Oc2ccccc2I)n1. The van der Waals surface area contributed by atoms with E-state index in [1.54, 1.807) is 17.5 Å². The number of hydrogen-bond donors (Lipinski definition) is 1. The molecule has 0 spiro atoms. The Morgan fingerprint density at radius 1 is 1.25 bits per heavy atom. The van der Waals surface area contributed by atoms with Crippen molar-refractivity contribution in [2.75, 3.05) is 5.32 Å². The molecule has 0 aliphatic rings. The van der Waals surface area contributed by atoms with Crippen LogP contribution >= 0.6 is 33.9 Å². The molecule has 0 saturated heterocycles. The normalized spacial score (nSPS) is 10.2. The lowest BCUT2D eigenvalue weighted by Crippen LogP contribution is -1.99. The highest BCUT2D eigenvalue weighted by Crippen LogP contribution is 2.33. The number of anilines is 2. The number of alkyl halides is 1. The van der Waals surface area contributed by atoms with Gasteiger partial charge in [0.05, 0.1) is 9.26 Å². The molecule has 120 valence electrons. The molecule has 0 atom stereocenters. The van der Waals surface area contributed by atoms with Crippen LogP contribution in [0.25, 0.3) is 0 Å². The van der Waals surface area contributed by atoms with E-state index in [4.69, 9.17) is 10.00 Å². The molecule has 0 amide bonds. The summed E-state index contributed by atoms with van der Waals surface area (Å²) in [5.74, 6) is 0.891. The quantitative estimate of drug-likeness (QED) is 0.551. The van der Waals surface area contributed by atoms with Crippen molar-refractivity contribution in [3.8, 4) is 17.7 Å². The van der Waals surface area contributed by atoms with Crippen LogP contribution in [0.2, 0.25) is 0 Å². The van der Waals surface area contributed by atoms with Gasteiger partial charge in [0.25, 0.3) is 0 Å². The minimum atomic E-state index is -0.616. The van der Waals surface area contributed by atoms with Crippen molar-refractivity contribution in [3.05, 3.63) is 56.7 Å². The van der Waals surface area contributed by atoms with Crippen LogP contribution in [0, 0.1) is 14.9 Å². The van der Waals surface area contributed by atoms with Gasteiger partial charge < -0.3 is 10.1 Å². The van der Waals surface area contributed by atoms with E-state index < -0.39 is 6.67 Å². The lowest BCUT2D eigenvalue weighted by Gasteiger charge is -2.11. The second kappa shape index (κ2) is 7.55. The molecule has 0 saturated carbocycles. The minimum Gasteiger partial charge on any atom is -0.436 e. The summed E-state index contributed by atoms with van der Waals surface area (Å²) >= 11 is 3.44. The maximum Gasteiger partial charge on any atom is 0.244 e. The maximum atomic E-state index is 12.6. The van der Waals surface area contributed by atoms with Gasteiger partial charge in [0.15, 0.2) is 5.13 Å². The molecule has 2 heterocycles. The van der Waals surface area contributed by atoms with Crippen LogP contribution < -0.4 is 10.1 Å². The Labute approximate surface area is 155 Å². The Balaban J connectivity index is 1.94. The summed E-state index contributed by atoms with van der Waals surface area (Å²) < 4.78 is 19.4. The molecular formula is C16H10FIN4OS. The van der Waals surface area contributed by atoms with E-state index in [1.165, 1.54) is 11.3 Å².